The van der Waals surface area contributed by atoms with Gasteiger partial charge in [-0.1, -0.05) is 0 Å². The van der Waals surface area contributed by atoms with E-state index in [1.54, 1.807) is 13.8 Å². The summed E-state index contributed by atoms with van der Waals surface area (Å²) >= 11 is 0. The van der Waals surface area contributed by atoms with Gasteiger partial charge in [0.25, 0.3) is 0 Å². The molecule has 66 valence electrons. The van der Waals surface area contributed by atoms with Crippen LogP contribution in [0.3, 0.4) is 0 Å². The molecule has 0 aromatic carbocycles. The number of nitrogens with one attached hydrogen (secondary N) is 1. The van der Waals surface area contributed by atoms with Crippen molar-refractivity contribution >= 4 is 14.2 Å². The lowest BCUT2D eigenvalue weighted by molar-refractivity contribution is -0.108. The van der Waals surface area contributed by atoms with Crippen molar-refractivity contribution in [2.75, 3.05) is 13.2 Å². The Morgan fingerprint density at radius 2 is 1.82 bits per heavy atom. The van der Waals surface area contributed by atoms with Gasteiger partial charge in [0.1, 0.15) is 0 Å². The Labute approximate surface area is 65.7 Å². The van der Waals surface area contributed by atoms with Gasteiger partial charge in [0, 0.05) is 0 Å². The molecule has 6 heteroatoms. The predicted octanol–water partition coefficient (Wildman–Crippen LogP) is 0.913. The second-order valence-electron chi connectivity index (χ2n) is 1.58. The van der Waals surface area contributed by atoms with Crippen molar-refractivity contribution < 1.29 is 18.4 Å². The zero-order valence-corrected chi connectivity index (χ0v) is 7.47. The molecule has 5 nitrogen and oxygen atoms in total. The van der Waals surface area contributed by atoms with Crippen molar-refractivity contribution in [2.45, 2.75) is 13.8 Å². The minimum atomic E-state index is -3.34. The van der Waals surface area contributed by atoms with Crippen LogP contribution in [0.4, 0.5) is 0 Å². The third-order valence-electron chi connectivity index (χ3n) is 0.809. The summed E-state index contributed by atoms with van der Waals surface area (Å²) in [5.74, 6) is 0. The second-order valence-corrected chi connectivity index (χ2v) is 3.35. The van der Waals surface area contributed by atoms with Crippen molar-refractivity contribution in [3.8, 4) is 0 Å². The van der Waals surface area contributed by atoms with Gasteiger partial charge < -0.3 is 0 Å². The molecule has 0 saturated carbocycles. The third-order valence-corrected chi connectivity index (χ3v) is 2.43. The molecule has 0 radical (unpaired) electrons. The van der Waals surface area contributed by atoms with Crippen molar-refractivity contribution in [3.05, 3.63) is 0 Å². The van der Waals surface area contributed by atoms with Gasteiger partial charge in [0.15, 0.2) is 0 Å². The van der Waals surface area contributed by atoms with Gasteiger partial charge in [-0.25, -0.2) is 4.57 Å². The van der Waals surface area contributed by atoms with Crippen LogP contribution in [-0.4, -0.2) is 19.6 Å². The molecule has 0 fully saturated rings. The first kappa shape index (κ1) is 10.6. The normalized spacial score (nSPS) is 11.1. The molecule has 1 amide bonds. The maximum atomic E-state index is 11.2. The van der Waals surface area contributed by atoms with Crippen LogP contribution in [0.2, 0.25) is 0 Å². The Kier molecular flexibility index (Phi) is 5.11. The molecular weight excluding hydrogens is 169 g/mol. The summed E-state index contributed by atoms with van der Waals surface area (Å²) < 4.78 is 20.6. The Morgan fingerprint density at radius 1 is 1.36 bits per heavy atom. The van der Waals surface area contributed by atoms with Gasteiger partial charge in [-0.15, -0.1) is 0 Å². The van der Waals surface area contributed by atoms with Crippen LogP contribution in [-0.2, 0) is 18.4 Å². The van der Waals surface area contributed by atoms with E-state index in [4.69, 9.17) is 9.05 Å². The van der Waals surface area contributed by atoms with Gasteiger partial charge in [-0.05, 0) is 13.8 Å². The fraction of sp³-hybridized carbons (Fsp3) is 0.800. The number of amides is 1. The van der Waals surface area contributed by atoms with E-state index in [0.717, 1.165) is 0 Å². The van der Waals surface area contributed by atoms with Crippen LogP contribution in [0.25, 0.3) is 0 Å². The highest BCUT2D eigenvalue weighted by Crippen LogP contribution is 2.42. The van der Waals surface area contributed by atoms with E-state index in [2.05, 4.69) is 0 Å². The molecule has 11 heavy (non-hydrogen) atoms. The molecule has 0 unspecified atom stereocenters. The summed E-state index contributed by atoms with van der Waals surface area (Å²) in [4.78, 5) is 9.93. The first-order valence-corrected chi connectivity index (χ1v) is 4.83. The van der Waals surface area contributed by atoms with E-state index in [1.165, 1.54) is 0 Å². The zero-order valence-electron chi connectivity index (χ0n) is 6.57. The molecule has 0 aliphatic heterocycles. The molecule has 0 aliphatic rings. The summed E-state index contributed by atoms with van der Waals surface area (Å²) in [6.07, 6.45) is 0.298. The smallest absolute Gasteiger partial charge is 0.293 e. The van der Waals surface area contributed by atoms with E-state index >= 15 is 0 Å². The van der Waals surface area contributed by atoms with Gasteiger partial charge in [0.05, 0.1) is 13.2 Å². The van der Waals surface area contributed by atoms with Crippen LogP contribution in [0, 0.1) is 0 Å². The Hall–Kier alpha value is -0.380. The van der Waals surface area contributed by atoms with Crippen LogP contribution in [0.5, 0.6) is 0 Å². The molecule has 0 aromatic rings. The van der Waals surface area contributed by atoms with E-state index in [0.29, 0.717) is 6.41 Å². The minimum Gasteiger partial charge on any atom is -0.293 e. The van der Waals surface area contributed by atoms with Crippen LogP contribution >= 0.6 is 7.75 Å². The lowest BCUT2D eigenvalue weighted by atomic mass is 10.9. The number of hydrogen-bond donors (Lipinski definition) is 1. The predicted molar refractivity (Wildman–Crippen MR) is 40.1 cm³/mol. The molecule has 0 saturated heterocycles. The van der Waals surface area contributed by atoms with E-state index in [-0.39, 0.29) is 13.2 Å². The number of carbonyl (C=O) groups excluding carboxylic acids is 1. The van der Waals surface area contributed by atoms with E-state index < -0.39 is 7.75 Å². The Balaban J connectivity index is 4.01. The summed E-state index contributed by atoms with van der Waals surface area (Å²) in [6.45, 7) is 3.80. The van der Waals surface area contributed by atoms with Gasteiger partial charge in [-0.3, -0.25) is 18.9 Å². The van der Waals surface area contributed by atoms with Crippen molar-refractivity contribution in [1.29, 1.82) is 0 Å². The van der Waals surface area contributed by atoms with Gasteiger partial charge in [0.2, 0.25) is 6.41 Å². The van der Waals surface area contributed by atoms with Crippen molar-refractivity contribution in [1.82, 2.24) is 5.09 Å². The monoisotopic (exact) mass is 181 g/mol. The molecule has 0 aromatic heterocycles. The van der Waals surface area contributed by atoms with Crippen molar-refractivity contribution in [2.24, 2.45) is 0 Å². The number of rotatable bonds is 6. The summed E-state index contributed by atoms with van der Waals surface area (Å²) in [5.41, 5.74) is 0. The lowest BCUT2D eigenvalue weighted by Gasteiger charge is -2.13. The maximum Gasteiger partial charge on any atom is 0.434 e. The van der Waals surface area contributed by atoms with E-state index in [9.17, 15) is 9.36 Å². The lowest BCUT2D eigenvalue weighted by Crippen LogP contribution is -2.12. The second kappa shape index (κ2) is 5.29. The topological polar surface area (TPSA) is 64.6 Å². The number of carbonyl (C=O) groups is 1. The first-order valence-electron chi connectivity index (χ1n) is 3.29. The highest BCUT2D eigenvalue weighted by molar-refractivity contribution is 7.52. The SMILES string of the molecule is CCOP(=O)(NC=O)OCC. The average molecular weight is 181 g/mol. The molecule has 0 spiro atoms. The summed E-state index contributed by atoms with van der Waals surface area (Å²) in [7, 11) is -3.34. The summed E-state index contributed by atoms with van der Waals surface area (Å²) in [6, 6.07) is 0. The minimum absolute atomic E-state index is 0.234. The largest absolute Gasteiger partial charge is 0.434 e. The average Bonchev–Trinajstić information content (AvgIpc) is 1.88. The van der Waals surface area contributed by atoms with Crippen LogP contribution in [0.15, 0.2) is 0 Å². The highest BCUT2D eigenvalue weighted by Gasteiger charge is 2.21. The standard InChI is InChI=1S/C5H12NO4P/c1-3-9-11(8,6-5-7)10-4-2/h5H,3-4H2,1-2H3,(H,6,7,8). The number of hydrogen-bond acceptors (Lipinski definition) is 4. The quantitative estimate of drug-likeness (QED) is 0.488. The molecule has 0 rings (SSSR count). The van der Waals surface area contributed by atoms with Gasteiger partial charge in [-0.2, -0.15) is 0 Å². The van der Waals surface area contributed by atoms with Gasteiger partial charge >= 0.3 is 7.75 Å². The van der Waals surface area contributed by atoms with Crippen LogP contribution in [0.1, 0.15) is 13.8 Å². The van der Waals surface area contributed by atoms with E-state index in [1.807, 2.05) is 5.09 Å². The Morgan fingerprint density at radius 3 is 2.09 bits per heavy atom. The third kappa shape index (κ3) is 4.14. The molecule has 0 heterocycles. The molecule has 1 N–H and O–H groups in total. The maximum absolute atomic E-state index is 11.2. The van der Waals surface area contributed by atoms with Crippen LogP contribution < -0.4 is 5.09 Å². The molecule has 0 atom stereocenters. The molecule has 0 aliphatic carbocycles. The fourth-order valence-electron chi connectivity index (χ4n) is 0.516. The molecule has 0 bridgehead atoms. The van der Waals surface area contributed by atoms with Crippen molar-refractivity contribution in [3.63, 3.8) is 0 Å². The highest BCUT2D eigenvalue weighted by atomic mass is 31.2. The summed E-state index contributed by atoms with van der Waals surface area (Å²) in [5, 5.41) is 1.99. The fourth-order valence-corrected chi connectivity index (χ4v) is 1.55. The first-order chi connectivity index (χ1) is 5.18. The Bertz CT molecular complexity index is 151. The zero-order chi connectivity index (χ0) is 8.74. The molecular formula is C5H12NO4P.